The Hall–Kier alpha value is -2.28. The third-order valence-electron chi connectivity index (χ3n) is 3.25. The lowest BCUT2D eigenvalue weighted by atomic mass is 10.2. The van der Waals surface area contributed by atoms with Crippen molar-refractivity contribution in [3.8, 4) is 5.75 Å². The maximum atomic E-state index is 11.0. The Bertz CT molecular complexity index is 515. The topological polar surface area (TPSA) is 112 Å². The molecule has 1 aromatic carbocycles. The lowest BCUT2D eigenvalue weighted by Gasteiger charge is -2.10. The monoisotopic (exact) mass is 292 g/mol. The Labute approximate surface area is 123 Å². The van der Waals surface area contributed by atoms with Crippen molar-refractivity contribution in [1.82, 2.24) is 0 Å². The summed E-state index contributed by atoms with van der Waals surface area (Å²) in [5.74, 6) is 0.644. The van der Waals surface area contributed by atoms with Crippen LogP contribution in [-0.2, 0) is 9.53 Å². The van der Waals surface area contributed by atoms with Crippen molar-refractivity contribution in [2.75, 3.05) is 19.0 Å². The van der Waals surface area contributed by atoms with Gasteiger partial charge in [0.15, 0.2) is 5.96 Å². The van der Waals surface area contributed by atoms with Crippen LogP contribution < -0.4 is 21.5 Å². The van der Waals surface area contributed by atoms with E-state index >= 15 is 0 Å². The average molecular weight is 292 g/mol. The number of nitrogens with one attached hydrogen (secondary N) is 1. The van der Waals surface area contributed by atoms with Crippen molar-refractivity contribution in [2.24, 2.45) is 16.5 Å². The maximum Gasteiger partial charge on any atom is 0.246 e. The first-order valence-corrected chi connectivity index (χ1v) is 6.74. The summed E-state index contributed by atoms with van der Waals surface area (Å²) >= 11 is 0. The molecule has 0 spiro atoms. The normalized spacial score (nSPS) is 22.0. The molecule has 5 N–H and O–H groups in total. The first-order valence-electron chi connectivity index (χ1n) is 6.74. The van der Waals surface area contributed by atoms with Crippen LogP contribution in [0.5, 0.6) is 5.75 Å². The SMILES string of the molecule is COc1ccc(NC(N)=NCC2CCC(C(N)=O)O2)cc1. The molecule has 0 aliphatic carbocycles. The number of methoxy groups -OCH3 is 1. The van der Waals surface area contributed by atoms with Gasteiger partial charge in [0.25, 0.3) is 0 Å². The van der Waals surface area contributed by atoms with Crippen LogP contribution in [0.25, 0.3) is 0 Å². The molecule has 2 rings (SSSR count). The van der Waals surface area contributed by atoms with Crippen molar-refractivity contribution in [1.29, 1.82) is 0 Å². The lowest BCUT2D eigenvalue weighted by molar-refractivity contribution is -0.128. The summed E-state index contributed by atoms with van der Waals surface area (Å²) in [6.45, 7) is 0.402. The van der Waals surface area contributed by atoms with Gasteiger partial charge in [0, 0.05) is 5.69 Å². The van der Waals surface area contributed by atoms with E-state index in [4.69, 9.17) is 20.9 Å². The number of guanidine groups is 1. The number of hydrogen-bond acceptors (Lipinski definition) is 4. The van der Waals surface area contributed by atoms with E-state index in [1.165, 1.54) is 0 Å². The molecule has 7 nitrogen and oxygen atoms in total. The average Bonchev–Trinajstić information content (AvgIpc) is 2.95. The summed E-state index contributed by atoms with van der Waals surface area (Å²) in [7, 11) is 1.61. The van der Waals surface area contributed by atoms with Gasteiger partial charge in [0.2, 0.25) is 5.91 Å². The van der Waals surface area contributed by atoms with Crippen molar-refractivity contribution >= 4 is 17.6 Å². The number of benzene rings is 1. The van der Waals surface area contributed by atoms with Gasteiger partial charge in [0.1, 0.15) is 11.9 Å². The van der Waals surface area contributed by atoms with E-state index in [1.54, 1.807) is 7.11 Å². The molecule has 1 fully saturated rings. The Morgan fingerprint density at radius 1 is 1.38 bits per heavy atom. The second-order valence-corrected chi connectivity index (χ2v) is 4.81. The molecule has 0 saturated carbocycles. The van der Waals surface area contributed by atoms with Crippen molar-refractivity contribution in [3.63, 3.8) is 0 Å². The number of carbonyl (C=O) groups excluding carboxylic acids is 1. The summed E-state index contributed by atoms with van der Waals surface area (Å²) in [5.41, 5.74) is 11.8. The maximum absolute atomic E-state index is 11.0. The van der Waals surface area contributed by atoms with Crippen molar-refractivity contribution in [2.45, 2.75) is 25.0 Å². The van der Waals surface area contributed by atoms with E-state index in [2.05, 4.69) is 10.3 Å². The predicted octanol–water partition coefficient (Wildman–Crippen LogP) is 0.455. The first kappa shape index (κ1) is 15.1. The van der Waals surface area contributed by atoms with Gasteiger partial charge in [-0.2, -0.15) is 0 Å². The number of primary amides is 1. The number of anilines is 1. The number of aliphatic imine (C=N–C) groups is 1. The molecule has 1 amide bonds. The summed E-state index contributed by atoms with van der Waals surface area (Å²) in [4.78, 5) is 15.2. The van der Waals surface area contributed by atoms with E-state index in [0.29, 0.717) is 18.9 Å². The molecule has 1 heterocycles. The Morgan fingerprint density at radius 2 is 2.10 bits per heavy atom. The standard InChI is InChI=1S/C14H20N4O3/c1-20-10-4-2-9(3-5-10)18-14(16)17-8-11-6-7-12(21-11)13(15)19/h2-5,11-12H,6-8H2,1H3,(H2,15,19)(H3,16,17,18). The first-order chi connectivity index (χ1) is 10.1. The molecule has 1 aromatic rings. The van der Waals surface area contributed by atoms with Crippen LogP contribution in [0.2, 0.25) is 0 Å². The van der Waals surface area contributed by atoms with Crippen molar-refractivity contribution < 1.29 is 14.3 Å². The highest BCUT2D eigenvalue weighted by molar-refractivity contribution is 5.92. The molecule has 1 aliphatic rings. The third-order valence-corrected chi connectivity index (χ3v) is 3.25. The summed E-state index contributed by atoms with van der Waals surface area (Å²) in [6.07, 6.45) is 0.786. The largest absolute Gasteiger partial charge is 0.497 e. The van der Waals surface area contributed by atoms with Gasteiger partial charge < -0.3 is 26.3 Å². The molecule has 2 atom stereocenters. The smallest absolute Gasteiger partial charge is 0.246 e. The number of amides is 1. The highest BCUT2D eigenvalue weighted by Crippen LogP contribution is 2.19. The minimum Gasteiger partial charge on any atom is -0.497 e. The van der Waals surface area contributed by atoms with Crippen LogP contribution in [0.4, 0.5) is 5.69 Å². The molecule has 0 bridgehead atoms. The van der Waals surface area contributed by atoms with Crippen LogP contribution in [0.3, 0.4) is 0 Å². The lowest BCUT2D eigenvalue weighted by Crippen LogP contribution is -2.29. The third kappa shape index (κ3) is 4.35. The van der Waals surface area contributed by atoms with Crippen LogP contribution in [0, 0.1) is 0 Å². The fraction of sp³-hybridized carbons (Fsp3) is 0.429. The minimum atomic E-state index is -0.499. The van der Waals surface area contributed by atoms with Crippen LogP contribution in [0.15, 0.2) is 29.3 Å². The summed E-state index contributed by atoms with van der Waals surface area (Å²) < 4.78 is 10.5. The Balaban J connectivity index is 1.82. The molecule has 1 saturated heterocycles. The second kappa shape index (κ2) is 6.94. The van der Waals surface area contributed by atoms with E-state index in [1.807, 2.05) is 24.3 Å². The second-order valence-electron chi connectivity index (χ2n) is 4.81. The van der Waals surface area contributed by atoms with Crippen LogP contribution in [-0.4, -0.2) is 37.7 Å². The van der Waals surface area contributed by atoms with E-state index in [-0.39, 0.29) is 6.10 Å². The predicted molar refractivity (Wildman–Crippen MR) is 80.2 cm³/mol. The molecule has 0 aromatic heterocycles. The fourth-order valence-electron chi connectivity index (χ4n) is 2.11. The summed E-state index contributed by atoms with van der Waals surface area (Å²) in [5, 5.41) is 2.98. The van der Waals surface area contributed by atoms with Gasteiger partial charge in [-0.25, -0.2) is 0 Å². The summed E-state index contributed by atoms with van der Waals surface area (Å²) in [6, 6.07) is 7.34. The molecule has 21 heavy (non-hydrogen) atoms. The molecule has 2 unspecified atom stereocenters. The van der Waals surface area contributed by atoms with Gasteiger partial charge in [0.05, 0.1) is 19.8 Å². The number of carbonyl (C=O) groups is 1. The van der Waals surface area contributed by atoms with Gasteiger partial charge in [-0.15, -0.1) is 0 Å². The van der Waals surface area contributed by atoms with Gasteiger partial charge in [-0.05, 0) is 37.1 Å². The van der Waals surface area contributed by atoms with Crippen LogP contribution in [0.1, 0.15) is 12.8 Å². The van der Waals surface area contributed by atoms with E-state index in [9.17, 15) is 4.79 Å². The zero-order valence-corrected chi connectivity index (χ0v) is 11.9. The molecular formula is C14H20N4O3. The van der Waals surface area contributed by atoms with Crippen molar-refractivity contribution in [3.05, 3.63) is 24.3 Å². The van der Waals surface area contributed by atoms with Gasteiger partial charge in [-0.1, -0.05) is 0 Å². The fourth-order valence-corrected chi connectivity index (χ4v) is 2.11. The highest BCUT2D eigenvalue weighted by Gasteiger charge is 2.28. The number of nitrogens with two attached hydrogens (primary N) is 2. The Morgan fingerprint density at radius 3 is 2.67 bits per heavy atom. The molecule has 7 heteroatoms. The number of rotatable bonds is 5. The highest BCUT2D eigenvalue weighted by atomic mass is 16.5. The zero-order valence-electron chi connectivity index (χ0n) is 11.9. The number of nitrogens with zero attached hydrogens (tertiary/aromatic N) is 1. The quantitative estimate of drug-likeness (QED) is 0.539. The van der Waals surface area contributed by atoms with E-state index < -0.39 is 12.0 Å². The minimum absolute atomic E-state index is 0.112. The van der Waals surface area contributed by atoms with Gasteiger partial charge >= 0.3 is 0 Å². The molecule has 1 aliphatic heterocycles. The zero-order chi connectivity index (χ0) is 15.2. The molecule has 114 valence electrons. The number of hydrogen-bond donors (Lipinski definition) is 3. The van der Waals surface area contributed by atoms with Crippen LogP contribution >= 0.6 is 0 Å². The van der Waals surface area contributed by atoms with Gasteiger partial charge in [-0.3, -0.25) is 9.79 Å². The molecule has 0 radical (unpaired) electrons. The van der Waals surface area contributed by atoms with E-state index in [0.717, 1.165) is 17.9 Å². The molecular weight excluding hydrogens is 272 g/mol. The number of ether oxygens (including phenoxy) is 2. The Kier molecular flexibility index (Phi) is 4.99.